The van der Waals surface area contributed by atoms with Gasteiger partial charge in [-0.2, -0.15) is 0 Å². The number of nitrogens with one attached hydrogen (secondary N) is 2. The average molecular weight is 402 g/mol. The number of carbonyl (C=O) groups is 1. The van der Waals surface area contributed by atoms with Crippen LogP contribution < -0.4 is 10.0 Å². The summed E-state index contributed by atoms with van der Waals surface area (Å²) in [6.45, 7) is 3.74. The molecule has 3 aromatic rings. The summed E-state index contributed by atoms with van der Waals surface area (Å²) in [6, 6.07) is 14.2. The van der Waals surface area contributed by atoms with Gasteiger partial charge in [0.15, 0.2) is 5.13 Å². The molecule has 27 heavy (non-hydrogen) atoms. The molecular formula is C19H19N3O3S2. The lowest BCUT2D eigenvalue weighted by atomic mass is 10.1. The molecule has 0 saturated heterocycles. The Hall–Kier alpha value is -2.55. The number of benzene rings is 2. The molecule has 0 saturated carbocycles. The first-order chi connectivity index (χ1) is 12.9. The highest BCUT2D eigenvalue weighted by molar-refractivity contribution is 7.89. The number of aromatic nitrogens is 1. The summed E-state index contributed by atoms with van der Waals surface area (Å²) in [4.78, 5) is 17.1. The molecule has 0 spiro atoms. The highest BCUT2D eigenvalue weighted by Crippen LogP contribution is 2.25. The van der Waals surface area contributed by atoms with E-state index >= 15 is 0 Å². The third kappa shape index (κ3) is 4.41. The van der Waals surface area contributed by atoms with Crippen LogP contribution in [0, 0.1) is 6.92 Å². The van der Waals surface area contributed by atoms with Gasteiger partial charge in [-0.25, -0.2) is 18.1 Å². The quantitative estimate of drug-likeness (QED) is 0.660. The highest BCUT2D eigenvalue weighted by Gasteiger charge is 2.18. The molecule has 0 unspecified atom stereocenters. The second kappa shape index (κ2) is 7.99. The highest BCUT2D eigenvalue weighted by atomic mass is 32.2. The number of sulfonamides is 1. The van der Waals surface area contributed by atoms with Gasteiger partial charge in [0.05, 0.1) is 10.6 Å². The second-order valence-electron chi connectivity index (χ2n) is 5.84. The van der Waals surface area contributed by atoms with Crippen molar-refractivity contribution in [1.82, 2.24) is 9.71 Å². The van der Waals surface area contributed by atoms with Crippen LogP contribution >= 0.6 is 11.3 Å². The molecule has 2 N–H and O–H groups in total. The third-order valence-corrected chi connectivity index (χ3v) is 6.19. The number of anilines is 1. The van der Waals surface area contributed by atoms with Gasteiger partial charge < -0.3 is 0 Å². The molecule has 0 aliphatic carbocycles. The van der Waals surface area contributed by atoms with Crippen LogP contribution in [-0.4, -0.2) is 25.9 Å². The number of rotatable bonds is 6. The predicted octanol–water partition coefficient (Wildman–Crippen LogP) is 3.67. The number of nitrogens with zero attached hydrogens (tertiary/aromatic N) is 1. The van der Waals surface area contributed by atoms with E-state index in [9.17, 15) is 13.2 Å². The van der Waals surface area contributed by atoms with Crippen molar-refractivity contribution in [2.24, 2.45) is 0 Å². The van der Waals surface area contributed by atoms with Crippen molar-refractivity contribution in [2.45, 2.75) is 18.7 Å². The summed E-state index contributed by atoms with van der Waals surface area (Å²) in [6.07, 6.45) is 0. The summed E-state index contributed by atoms with van der Waals surface area (Å²) >= 11 is 1.32. The van der Waals surface area contributed by atoms with Gasteiger partial charge >= 0.3 is 0 Å². The molecule has 0 aliphatic heterocycles. The molecule has 0 aliphatic rings. The third-order valence-electron chi connectivity index (χ3n) is 3.89. The Morgan fingerprint density at radius 1 is 1.15 bits per heavy atom. The number of amides is 1. The fourth-order valence-corrected chi connectivity index (χ4v) is 4.30. The van der Waals surface area contributed by atoms with Crippen LogP contribution in [0.4, 0.5) is 5.13 Å². The van der Waals surface area contributed by atoms with Crippen molar-refractivity contribution in [3.8, 4) is 11.3 Å². The zero-order valence-corrected chi connectivity index (χ0v) is 16.5. The lowest BCUT2D eigenvalue weighted by Crippen LogP contribution is -2.24. The molecule has 1 heterocycles. The average Bonchev–Trinajstić information content (AvgIpc) is 3.11. The number of hydrogen-bond donors (Lipinski definition) is 2. The minimum atomic E-state index is -3.63. The standard InChI is InChI=1S/C19H19N3O3S2/c1-3-20-27(24,25)15-10-9-13(2)16(11-15)18(23)22-19-21-17(12-26-19)14-7-5-4-6-8-14/h4-12,20H,3H2,1-2H3,(H,21,22,23). The maximum absolute atomic E-state index is 12.7. The van der Waals surface area contributed by atoms with Crippen LogP contribution in [0.15, 0.2) is 58.8 Å². The van der Waals surface area contributed by atoms with Crippen LogP contribution in [-0.2, 0) is 10.0 Å². The molecule has 2 aromatic carbocycles. The summed E-state index contributed by atoms with van der Waals surface area (Å²) in [5.74, 6) is -0.394. The molecule has 0 bridgehead atoms. The van der Waals surface area contributed by atoms with Crippen molar-refractivity contribution in [2.75, 3.05) is 11.9 Å². The van der Waals surface area contributed by atoms with Crippen molar-refractivity contribution in [1.29, 1.82) is 0 Å². The van der Waals surface area contributed by atoms with Gasteiger partial charge in [-0.15, -0.1) is 11.3 Å². The molecule has 1 aromatic heterocycles. The van der Waals surface area contributed by atoms with Gasteiger partial charge in [0.25, 0.3) is 5.91 Å². The largest absolute Gasteiger partial charge is 0.298 e. The minimum absolute atomic E-state index is 0.0595. The Kier molecular flexibility index (Phi) is 5.69. The van der Waals surface area contributed by atoms with Crippen LogP contribution in [0.5, 0.6) is 0 Å². The Bertz CT molecular complexity index is 1060. The van der Waals surface area contributed by atoms with Gasteiger partial charge in [-0.3, -0.25) is 10.1 Å². The van der Waals surface area contributed by atoms with E-state index in [0.29, 0.717) is 16.3 Å². The Labute approximate surface area is 162 Å². The molecule has 0 radical (unpaired) electrons. The molecule has 6 nitrogen and oxygen atoms in total. The van der Waals surface area contributed by atoms with Crippen molar-refractivity contribution in [3.05, 3.63) is 65.0 Å². The first-order valence-corrected chi connectivity index (χ1v) is 10.7. The normalized spacial score (nSPS) is 11.3. The maximum atomic E-state index is 12.7. The van der Waals surface area contributed by atoms with Gasteiger partial charge in [-0.05, 0) is 24.6 Å². The van der Waals surface area contributed by atoms with Gasteiger partial charge in [0, 0.05) is 23.1 Å². The second-order valence-corrected chi connectivity index (χ2v) is 8.46. The molecule has 0 atom stereocenters. The fraction of sp³-hybridized carbons (Fsp3) is 0.158. The number of hydrogen-bond acceptors (Lipinski definition) is 5. The van der Waals surface area contributed by atoms with Crippen LogP contribution in [0.2, 0.25) is 0 Å². The van der Waals surface area contributed by atoms with Crippen molar-refractivity contribution >= 4 is 32.4 Å². The van der Waals surface area contributed by atoms with E-state index in [0.717, 1.165) is 11.3 Å². The van der Waals surface area contributed by atoms with Gasteiger partial charge in [0.1, 0.15) is 0 Å². The number of carbonyl (C=O) groups excluding carboxylic acids is 1. The van der Waals surface area contributed by atoms with Gasteiger partial charge in [0.2, 0.25) is 10.0 Å². The fourth-order valence-electron chi connectivity index (χ4n) is 2.52. The lowest BCUT2D eigenvalue weighted by Gasteiger charge is -2.09. The molecule has 8 heteroatoms. The summed E-state index contributed by atoms with van der Waals surface area (Å²) < 4.78 is 26.8. The molecule has 0 fully saturated rings. The summed E-state index contributed by atoms with van der Waals surface area (Å²) in [5.41, 5.74) is 2.72. The van der Waals surface area contributed by atoms with Crippen LogP contribution in [0.1, 0.15) is 22.8 Å². The Balaban J connectivity index is 1.84. The van der Waals surface area contributed by atoms with E-state index in [-0.39, 0.29) is 11.4 Å². The SMILES string of the molecule is CCNS(=O)(=O)c1ccc(C)c(C(=O)Nc2nc(-c3ccccc3)cs2)c1. The number of aryl methyl sites for hydroxylation is 1. The van der Waals surface area contributed by atoms with Crippen molar-refractivity contribution < 1.29 is 13.2 Å². The molecular weight excluding hydrogens is 382 g/mol. The Morgan fingerprint density at radius 3 is 2.59 bits per heavy atom. The van der Waals surface area contributed by atoms with Crippen LogP contribution in [0.25, 0.3) is 11.3 Å². The lowest BCUT2D eigenvalue weighted by molar-refractivity contribution is 0.102. The van der Waals surface area contributed by atoms with E-state index in [4.69, 9.17) is 0 Å². The summed E-state index contributed by atoms with van der Waals surface area (Å²) in [7, 11) is -3.63. The first kappa shape index (κ1) is 19.2. The van der Waals surface area contributed by atoms with E-state index < -0.39 is 15.9 Å². The topological polar surface area (TPSA) is 88.2 Å². The van der Waals surface area contributed by atoms with E-state index in [2.05, 4.69) is 15.0 Å². The van der Waals surface area contributed by atoms with Gasteiger partial charge in [-0.1, -0.05) is 43.3 Å². The van der Waals surface area contributed by atoms with E-state index in [1.165, 1.54) is 23.5 Å². The predicted molar refractivity (Wildman–Crippen MR) is 108 cm³/mol. The molecule has 1 amide bonds. The summed E-state index contributed by atoms with van der Waals surface area (Å²) in [5, 5.41) is 5.07. The maximum Gasteiger partial charge on any atom is 0.257 e. The number of thiazole rings is 1. The molecule has 140 valence electrons. The minimum Gasteiger partial charge on any atom is -0.298 e. The molecule has 3 rings (SSSR count). The van der Waals surface area contributed by atoms with E-state index in [1.54, 1.807) is 19.9 Å². The Morgan fingerprint density at radius 2 is 1.89 bits per heavy atom. The van der Waals surface area contributed by atoms with Crippen LogP contribution in [0.3, 0.4) is 0 Å². The first-order valence-electron chi connectivity index (χ1n) is 8.33. The smallest absolute Gasteiger partial charge is 0.257 e. The van der Waals surface area contributed by atoms with E-state index in [1.807, 2.05) is 35.7 Å². The van der Waals surface area contributed by atoms with Crippen molar-refractivity contribution in [3.63, 3.8) is 0 Å². The monoisotopic (exact) mass is 401 g/mol. The zero-order chi connectivity index (χ0) is 19.4. The zero-order valence-electron chi connectivity index (χ0n) is 14.9.